The molecule has 0 aliphatic rings. The number of nitrogens with zero attached hydrogens (tertiary/aromatic N) is 2. The van der Waals surface area contributed by atoms with Crippen LogP contribution in [-0.2, 0) is 0 Å². The molecular formula is C18H15F3N4O2. The molecule has 0 aliphatic heterocycles. The molecule has 0 atom stereocenters. The third kappa shape index (κ3) is 3.23. The maximum atomic E-state index is 14.5. The molecule has 0 saturated carbocycles. The van der Waals surface area contributed by atoms with Gasteiger partial charge < -0.3 is 16.3 Å². The van der Waals surface area contributed by atoms with Crippen LogP contribution in [0.15, 0.2) is 30.5 Å². The maximum absolute atomic E-state index is 14.5. The maximum Gasteiger partial charge on any atom is 0.319 e. The lowest BCUT2D eigenvalue weighted by Crippen LogP contribution is -2.40. The van der Waals surface area contributed by atoms with E-state index >= 15 is 0 Å². The van der Waals surface area contributed by atoms with Gasteiger partial charge in [-0.15, -0.1) is 0 Å². The number of rotatable bonds is 4. The average Bonchev–Trinajstić information content (AvgIpc) is 2.61. The molecule has 1 amide bonds. The zero-order valence-electron chi connectivity index (χ0n) is 14.2. The molecule has 0 spiro atoms. The number of pyridine rings is 2. The molecule has 0 saturated heterocycles. The number of nitrogen functional groups attached to an aromatic ring is 1. The van der Waals surface area contributed by atoms with E-state index in [2.05, 4.69) is 10.3 Å². The fourth-order valence-corrected chi connectivity index (χ4v) is 2.81. The van der Waals surface area contributed by atoms with E-state index in [1.54, 1.807) is 0 Å². The van der Waals surface area contributed by atoms with Gasteiger partial charge in [0.15, 0.2) is 6.20 Å². The Hall–Kier alpha value is -3.36. The molecule has 0 fully saturated rings. The largest absolute Gasteiger partial charge is 0.618 e. The second kappa shape index (κ2) is 7.10. The Labute approximate surface area is 152 Å². The highest BCUT2D eigenvalue weighted by Crippen LogP contribution is 2.34. The van der Waals surface area contributed by atoms with Gasteiger partial charge in [0.05, 0.1) is 5.39 Å². The SMILES string of the molecule is CCCNC(=O)c1c(N)c2ccc(F)c(-c3ccc(F)nc3F)c2c[n+]1[O-]. The van der Waals surface area contributed by atoms with Gasteiger partial charge in [-0.05, 0) is 30.7 Å². The monoisotopic (exact) mass is 376 g/mol. The minimum atomic E-state index is -1.23. The number of nitrogens with one attached hydrogen (secondary N) is 1. The lowest BCUT2D eigenvalue weighted by Gasteiger charge is -2.13. The molecule has 27 heavy (non-hydrogen) atoms. The number of benzene rings is 1. The number of nitrogens with two attached hydrogens (primary N) is 1. The van der Waals surface area contributed by atoms with Crippen LogP contribution in [0.5, 0.6) is 0 Å². The van der Waals surface area contributed by atoms with Gasteiger partial charge in [-0.2, -0.15) is 18.5 Å². The zero-order chi connectivity index (χ0) is 19.7. The summed E-state index contributed by atoms with van der Waals surface area (Å²) in [5, 5.41) is 15.1. The van der Waals surface area contributed by atoms with Crippen LogP contribution in [0, 0.1) is 22.9 Å². The number of amides is 1. The molecule has 0 bridgehead atoms. The third-order valence-corrected chi connectivity index (χ3v) is 4.04. The van der Waals surface area contributed by atoms with Crippen LogP contribution >= 0.6 is 0 Å². The summed E-state index contributed by atoms with van der Waals surface area (Å²) in [6.07, 6.45) is 1.60. The van der Waals surface area contributed by atoms with Gasteiger partial charge in [-0.25, -0.2) is 4.39 Å². The standard InChI is InChI=1S/C18H15F3N4O2/c1-2-7-23-18(26)16-15(22)9-3-5-12(19)14(11(9)8-25(16)27)10-4-6-13(20)24-17(10)21/h3-6,8H,2,7,22H2,1H3,(H,23,26). The van der Waals surface area contributed by atoms with Crippen molar-refractivity contribution in [1.82, 2.24) is 10.3 Å². The molecule has 0 radical (unpaired) electrons. The zero-order valence-corrected chi connectivity index (χ0v) is 14.2. The summed E-state index contributed by atoms with van der Waals surface area (Å²) < 4.78 is 41.8. The lowest BCUT2D eigenvalue weighted by molar-refractivity contribution is -0.605. The Balaban J connectivity index is 2.28. The van der Waals surface area contributed by atoms with Crippen LogP contribution < -0.4 is 15.8 Å². The van der Waals surface area contributed by atoms with Crippen molar-refractivity contribution >= 4 is 22.4 Å². The Kier molecular flexibility index (Phi) is 4.85. The molecule has 2 heterocycles. The van der Waals surface area contributed by atoms with Crippen molar-refractivity contribution < 1.29 is 22.7 Å². The molecule has 3 rings (SSSR count). The first-order chi connectivity index (χ1) is 12.8. The van der Waals surface area contributed by atoms with E-state index in [0.717, 1.165) is 24.4 Å². The molecule has 0 unspecified atom stereocenters. The number of halogens is 3. The summed E-state index contributed by atoms with van der Waals surface area (Å²) in [6, 6.07) is 4.20. The van der Waals surface area contributed by atoms with Crippen LogP contribution in [-0.4, -0.2) is 17.4 Å². The van der Waals surface area contributed by atoms with Crippen LogP contribution in [0.2, 0.25) is 0 Å². The fourth-order valence-electron chi connectivity index (χ4n) is 2.81. The van der Waals surface area contributed by atoms with Crippen molar-refractivity contribution in [2.75, 3.05) is 12.3 Å². The van der Waals surface area contributed by atoms with E-state index in [-0.39, 0.29) is 38.0 Å². The summed E-state index contributed by atoms with van der Waals surface area (Å²) in [7, 11) is 0. The van der Waals surface area contributed by atoms with E-state index < -0.39 is 23.6 Å². The summed E-state index contributed by atoms with van der Waals surface area (Å²) >= 11 is 0. The van der Waals surface area contributed by atoms with Crippen LogP contribution in [0.3, 0.4) is 0 Å². The molecule has 3 N–H and O–H groups in total. The Morgan fingerprint density at radius 2 is 1.96 bits per heavy atom. The molecule has 1 aromatic carbocycles. The molecule has 3 aromatic rings. The van der Waals surface area contributed by atoms with Crippen molar-refractivity contribution in [1.29, 1.82) is 0 Å². The predicted molar refractivity (Wildman–Crippen MR) is 93.0 cm³/mol. The Morgan fingerprint density at radius 1 is 1.22 bits per heavy atom. The molecule has 6 nitrogen and oxygen atoms in total. The van der Waals surface area contributed by atoms with Gasteiger partial charge in [-0.1, -0.05) is 6.92 Å². The van der Waals surface area contributed by atoms with E-state index in [9.17, 15) is 23.2 Å². The first-order valence-corrected chi connectivity index (χ1v) is 8.09. The number of fused-ring (bicyclic) bond motifs is 1. The number of carbonyl (C=O) groups is 1. The van der Waals surface area contributed by atoms with Crippen molar-refractivity contribution in [3.05, 3.63) is 59.1 Å². The number of aromatic nitrogens is 2. The van der Waals surface area contributed by atoms with Crippen molar-refractivity contribution in [3.8, 4) is 11.1 Å². The Morgan fingerprint density at radius 3 is 2.63 bits per heavy atom. The van der Waals surface area contributed by atoms with Crippen molar-refractivity contribution in [2.45, 2.75) is 13.3 Å². The lowest BCUT2D eigenvalue weighted by atomic mass is 9.98. The highest BCUT2D eigenvalue weighted by Gasteiger charge is 2.26. The fraction of sp³-hybridized carbons (Fsp3) is 0.167. The summed E-state index contributed by atoms with van der Waals surface area (Å²) in [5.74, 6) is -3.82. The van der Waals surface area contributed by atoms with Crippen molar-refractivity contribution in [2.24, 2.45) is 0 Å². The second-order valence-electron chi connectivity index (χ2n) is 5.83. The van der Waals surface area contributed by atoms with Gasteiger partial charge in [0.1, 0.15) is 11.5 Å². The van der Waals surface area contributed by atoms with Gasteiger partial charge in [0.2, 0.25) is 11.9 Å². The first kappa shape index (κ1) is 18.4. The summed E-state index contributed by atoms with van der Waals surface area (Å²) in [5.41, 5.74) is 4.84. The van der Waals surface area contributed by atoms with E-state index in [0.29, 0.717) is 13.0 Å². The average molecular weight is 376 g/mol. The van der Waals surface area contributed by atoms with E-state index in [4.69, 9.17) is 5.73 Å². The highest BCUT2D eigenvalue weighted by atomic mass is 19.1. The minimum absolute atomic E-state index is 0.0261. The topological polar surface area (TPSA) is 95.0 Å². The minimum Gasteiger partial charge on any atom is -0.618 e. The number of carbonyl (C=O) groups excluding carboxylic acids is 1. The molecule has 0 aliphatic carbocycles. The van der Waals surface area contributed by atoms with Gasteiger partial charge in [0.25, 0.3) is 0 Å². The normalized spacial score (nSPS) is 11.0. The molecule has 9 heteroatoms. The first-order valence-electron chi connectivity index (χ1n) is 8.09. The van der Waals surface area contributed by atoms with Crippen LogP contribution in [0.25, 0.3) is 21.9 Å². The molecule has 140 valence electrons. The summed E-state index contributed by atoms with van der Waals surface area (Å²) in [4.78, 5) is 15.2. The summed E-state index contributed by atoms with van der Waals surface area (Å²) in [6.45, 7) is 2.19. The van der Waals surface area contributed by atoms with E-state index in [1.807, 2.05) is 6.92 Å². The predicted octanol–water partition coefficient (Wildman–Crippen LogP) is 2.67. The van der Waals surface area contributed by atoms with Crippen LogP contribution in [0.1, 0.15) is 23.8 Å². The van der Waals surface area contributed by atoms with Crippen LogP contribution in [0.4, 0.5) is 18.9 Å². The quantitative estimate of drug-likeness (QED) is 0.416. The van der Waals surface area contributed by atoms with Crippen molar-refractivity contribution in [3.63, 3.8) is 0 Å². The number of anilines is 1. The van der Waals surface area contributed by atoms with Gasteiger partial charge in [0, 0.05) is 23.1 Å². The third-order valence-electron chi connectivity index (χ3n) is 4.04. The molecular weight excluding hydrogens is 361 g/mol. The smallest absolute Gasteiger partial charge is 0.319 e. The van der Waals surface area contributed by atoms with Gasteiger partial charge in [-0.3, -0.25) is 4.79 Å². The highest BCUT2D eigenvalue weighted by molar-refractivity contribution is 6.08. The number of hydrogen-bond acceptors (Lipinski definition) is 4. The van der Waals surface area contributed by atoms with E-state index in [1.165, 1.54) is 6.07 Å². The van der Waals surface area contributed by atoms with Gasteiger partial charge >= 0.3 is 11.6 Å². The Bertz CT molecular complexity index is 1060. The number of hydrogen-bond donors (Lipinski definition) is 2. The second-order valence-corrected chi connectivity index (χ2v) is 5.83. The molecule has 2 aromatic heterocycles.